The van der Waals surface area contributed by atoms with E-state index in [9.17, 15) is 9.90 Å². The number of aliphatic carboxylic acids is 1. The summed E-state index contributed by atoms with van der Waals surface area (Å²) in [5.74, 6) is -0.979. The normalized spacial score (nSPS) is 17.8. The Balaban J connectivity index is 1.57. The first-order chi connectivity index (χ1) is 20.6. The third-order valence-electron chi connectivity index (χ3n) is 9.45. The molecule has 1 saturated heterocycles. The van der Waals surface area contributed by atoms with Crippen LogP contribution in [-0.4, -0.2) is 46.2 Å². The number of ether oxygens (including phenoxy) is 1. The minimum atomic E-state index is -1.11. The second-order valence-electron chi connectivity index (χ2n) is 14.9. The van der Waals surface area contributed by atoms with E-state index in [0.717, 1.165) is 80.2 Å². The summed E-state index contributed by atoms with van der Waals surface area (Å²) in [5.41, 5.74) is 11.9. The van der Waals surface area contributed by atoms with Gasteiger partial charge in [0, 0.05) is 55.2 Å². The van der Waals surface area contributed by atoms with Gasteiger partial charge in [-0.2, -0.15) is 0 Å². The number of nitrogens with zero attached hydrogens (tertiary/aromatic N) is 3. The Bertz CT molecular complexity index is 1540. The van der Waals surface area contributed by atoms with Crippen molar-refractivity contribution < 1.29 is 14.6 Å². The molecule has 6 heteroatoms. The number of aromatic nitrogens is 1. The van der Waals surface area contributed by atoms with Crippen LogP contribution in [0.2, 0.25) is 0 Å². The maximum atomic E-state index is 12.8. The number of hydrogen-bond acceptors (Lipinski definition) is 5. The van der Waals surface area contributed by atoms with Crippen molar-refractivity contribution in [3.8, 4) is 11.1 Å². The quantitative estimate of drug-likeness (QED) is 0.297. The van der Waals surface area contributed by atoms with Gasteiger partial charge in [0.05, 0.1) is 11.3 Å². The standard InChI is InChI=1S/C38H51N3O3/c1-24-10-11-25(2)31(20-24)23-40-17-14-28-21-29(12-13-30(28)22-40)32-26(3)39-27(4)33(35(36(42)43)44-37(5,6)7)34(32)41-18-15-38(8,9)16-19-41/h10-13,20-21,35H,14-19,22-23H2,1-9H3,(H,42,43). The summed E-state index contributed by atoms with van der Waals surface area (Å²) >= 11 is 0. The van der Waals surface area contributed by atoms with Gasteiger partial charge in [0.25, 0.3) is 0 Å². The minimum absolute atomic E-state index is 0.261. The number of aryl methyl sites for hydroxylation is 4. The van der Waals surface area contributed by atoms with Crippen LogP contribution in [0, 0.1) is 33.1 Å². The summed E-state index contributed by atoms with van der Waals surface area (Å²) in [5, 5.41) is 10.5. The summed E-state index contributed by atoms with van der Waals surface area (Å²) in [7, 11) is 0. The van der Waals surface area contributed by atoms with E-state index in [0.29, 0.717) is 5.56 Å². The first-order valence-electron chi connectivity index (χ1n) is 16.2. The van der Waals surface area contributed by atoms with Crippen LogP contribution in [0.3, 0.4) is 0 Å². The molecule has 0 spiro atoms. The van der Waals surface area contributed by atoms with Gasteiger partial charge in [0.15, 0.2) is 6.10 Å². The van der Waals surface area contributed by atoms with Crippen LogP contribution in [0.4, 0.5) is 5.69 Å². The van der Waals surface area contributed by atoms with Gasteiger partial charge >= 0.3 is 5.97 Å². The van der Waals surface area contributed by atoms with E-state index in [1.54, 1.807) is 0 Å². The predicted octanol–water partition coefficient (Wildman–Crippen LogP) is 8.11. The molecule has 0 aliphatic carbocycles. The molecule has 0 saturated carbocycles. The van der Waals surface area contributed by atoms with Crippen molar-refractivity contribution in [3.05, 3.63) is 81.2 Å². The Hall–Kier alpha value is -3.22. The second-order valence-corrected chi connectivity index (χ2v) is 14.9. The van der Waals surface area contributed by atoms with Crippen molar-refractivity contribution in [2.24, 2.45) is 5.41 Å². The first kappa shape index (κ1) is 32.2. The molecule has 5 rings (SSSR count). The molecule has 236 valence electrons. The average Bonchev–Trinajstić information content (AvgIpc) is 2.93. The van der Waals surface area contributed by atoms with Crippen molar-refractivity contribution in [1.82, 2.24) is 9.88 Å². The summed E-state index contributed by atoms with van der Waals surface area (Å²) in [6.07, 6.45) is 1.97. The highest BCUT2D eigenvalue weighted by molar-refractivity contribution is 5.88. The molecule has 0 amide bonds. The Labute approximate surface area is 264 Å². The molecule has 2 aliphatic heterocycles. The molecule has 1 unspecified atom stereocenters. The number of anilines is 1. The first-order valence-corrected chi connectivity index (χ1v) is 16.2. The number of hydrogen-bond donors (Lipinski definition) is 1. The number of carboxylic acid groups (broad SMARTS) is 1. The highest BCUT2D eigenvalue weighted by Gasteiger charge is 2.36. The van der Waals surface area contributed by atoms with Crippen LogP contribution in [0.15, 0.2) is 36.4 Å². The molecule has 1 N–H and O–H groups in total. The number of piperidine rings is 1. The van der Waals surface area contributed by atoms with Gasteiger partial charge in [0.1, 0.15) is 0 Å². The third kappa shape index (κ3) is 7.02. The maximum Gasteiger partial charge on any atom is 0.337 e. The Morgan fingerprint density at radius 1 is 0.977 bits per heavy atom. The number of carboxylic acids is 1. The van der Waals surface area contributed by atoms with Gasteiger partial charge in [-0.1, -0.05) is 55.8 Å². The van der Waals surface area contributed by atoms with Gasteiger partial charge in [0.2, 0.25) is 0 Å². The largest absolute Gasteiger partial charge is 0.479 e. The lowest BCUT2D eigenvalue weighted by Gasteiger charge is -2.41. The highest BCUT2D eigenvalue weighted by Crippen LogP contribution is 2.45. The maximum absolute atomic E-state index is 12.8. The van der Waals surface area contributed by atoms with Crippen molar-refractivity contribution in [2.45, 2.75) is 106 Å². The summed E-state index contributed by atoms with van der Waals surface area (Å²) in [6, 6.07) is 13.6. The number of benzene rings is 2. The van der Waals surface area contributed by atoms with Crippen molar-refractivity contribution in [2.75, 3.05) is 24.5 Å². The molecule has 2 aromatic carbocycles. The fourth-order valence-corrected chi connectivity index (χ4v) is 6.87. The van der Waals surface area contributed by atoms with E-state index in [4.69, 9.17) is 9.72 Å². The highest BCUT2D eigenvalue weighted by atomic mass is 16.5. The van der Waals surface area contributed by atoms with Gasteiger partial charge in [-0.3, -0.25) is 9.88 Å². The number of carbonyl (C=O) groups is 1. The lowest BCUT2D eigenvalue weighted by Crippen LogP contribution is -2.39. The van der Waals surface area contributed by atoms with Crippen LogP contribution in [0.5, 0.6) is 0 Å². The SMILES string of the molecule is Cc1ccc(C)c(CN2CCc3cc(-c4c(C)nc(C)c(C(OC(C)(C)C)C(=O)O)c4N4CCC(C)(C)CC4)ccc3C2)c1. The average molecular weight is 598 g/mol. The van der Waals surface area contributed by atoms with Crippen molar-refractivity contribution in [1.29, 1.82) is 0 Å². The van der Waals surface area contributed by atoms with Gasteiger partial charge < -0.3 is 14.7 Å². The summed E-state index contributed by atoms with van der Waals surface area (Å²) in [4.78, 5) is 22.7. The van der Waals surface area contributed by atoms with Crippen LogP contribution < -0.4 is 4.90 Å². The Morgan fingerprint density at radius 2 is 1.68 bits per heavy atom. The molecule has 1 atom stereocenters. The molecule has 2 aliphatic rings. The van der Waals surface area contributed by atoms with Gasteiger partial charge in [-0.05, 0) is 101 Å². The smallest absolute Gasteiger partial charge is 0.337 e. The molecule has 6 nitrogen and oxygen atoms in total. The molecule has 1 aromatic heterocycles. The molecule has 0 bridgehead atoms. The van der Waals surface area contributed by atoms with Crippen molar-refractivity contribution >= 4 is 11.7 Å². The number of pyridine rings is 1. The summed E-state index contributed by atoms with van der Waals surface area (Å²) < 4.78 is 6.26. The zero-order chi connectivity index (χ0) is 32.0. The summed E-state index contributed by atoms with van der Waals surface area (Å²) in [6.45, 7) is 23.4. The van der Waals surface area contributed by atoms with Crippen LogP contribution in [0.1, 0.15) is 98.3 Å². The zero-order valence-corrected chi connectivity index (χ0v) is 28.3. The third-order valence-corrected chi connectivity index (χ3v) is 9.45. The number of rotatable bonds is 7. The fraction of sp³-hybridized carbons (Fsp3) is 0.526. The van der Waals surface area contributed by atoms with Crippen LogP contribution in [0.25, 0.3) is 11.1 Å². The monoisotopic (exact) mass is 597 g/mol. The van der Waals surface area contributed by atoms with E-state index < -0.39 is 17.7 Å². The molecule has 1 fully saturated rings. The Morgan fingerprint density at radius 3 is 2.34 bits per heavy atom. The molecule has 44 heavy (non-hydrogen) atoms. The van der Waals surface area contributed by atoms with Crippen LogP contribution >= 0.6 is 0 Å². The second kappa shape index (κ2) is 12.3. The van der Waals surface area contributed by atoms with E-state index >= 15 is 0 Å². The zero-order valence-electron chi connectivity index (χ0n) is 28.3. The molecule has 3 heterocycles. The molecule has 3 aromatic rings. The fourth-order valence-electron chi connectivity index (χ4n) is 6.87. The van der Waals surface area contributed by atoms with E-state index in [-0.39, 0.29) is 5.41 Å². The van der Waals surface area contributed by atoms with E-state index in [1.807, 2.05) is 27.7 Å². The van der Waals surface area contributed by atoms with Gasteiger partial charge in [-0.25, -0.2) is 4.79 Å². The minimum Gasteiger partial charge on any atom is -0.479 e. The lowest BCUT2D eigenvalue weighted by molar-refractivity contribution is -0.160. The molecular weight excluding hydrogens is 546 g/mol. The molecular formula is C38H51N3O3. The van der Waals surface area contributed by atoms with Crippen LogP contribution in [-0.2, 0) is 29.0 Å². The van der Waals surface area contributed by atoms with E-state index in [1.165, 1.54) is 27.8 Å². The Kier molecular flexibility index (Phi) is 8.99. The number of fused-ring (bicyclic) bond motifs is 1. The predicted molar refractivity (Wildman–Crippen MR) is 179 cm³/mol. The van der Waals surface area contributed by atoms with E-state index in [2.05, 4.69) is 80.8 Å². The van der Waals surface area contributed by atoms with Crippen molar-refractivity contribution in [3.63, 3.8) is 0 Å². The topological polar surface area (TPSA) is 65.9 Å². The lowest BCUT2D eigenvalue weighted by atomic mass is 9.81. The van der Waals surface area contributed by atoms with Gasteiger partial charge in [-0.15, -0.1) is 0 Å². The molecule has 0 radical (unpaired) electrons.